The number of sulfone groups is 1. The van der Waals surface area contributed by atoms with E-state index >= 15 is 0 Å². The molecule has 1 fully saturated rings. The molecule has 0 spiro atoms. The average Bonchev–Trinajstić information content (AvgIpc) is 2.63. The normalized spacial score (nSPS) is 25.6. The first-order chi connectivity index (χ1) is 7.44. The highest BCUT2D eigenvalue weighted by molar-refractivity contribution is 7.90. The molecule has 1 aliphatic carbocycles. The first-order valence-electron chi connectivity index (χ1n) is 5.59. The number of hydrogen-bond donors (Lipinski definition) is 2. The van der Waals surface area contributed by atoms with Crippen LogP contribution in [0.25, 0.3) is 0 Å². The quantitative estimate of drug-likeness (QED) is 0.688. The zero-order chi connectivity index (χ0) is 12.2. The summed E-state index contributed by atoms with van der Waals surface area (Å²) in [6.45, 7) is 0.732. The molecular weight excluding hydrogens is 228 g/mol. The fourth-order valence-corrected chi connectivity index (χ4v) is 2.63. The zero-order valence-electron chi connectivity index (χ0n) is 9.61. The molecule has 1 aliphatic rings. The van der Waals surface area contributed by atoms with Gasteiger partial charge in [-0.3, -0.25) is 4.79 Å². The van der Waals surface area contributed by atoms with Gasteiger partial charge in [-0.2, -0.15) is 0 Å². The molecule has 0 aliphatic heterocycles. The van der Waals surface area contributed by atoms with Crippen molar-refractivity contribution in [3.8, 4) is 0 Å². The second kappa shape index (κ2) is 5.63. The van der Waals surface area contributed by atoms with Gasteiger partial charge < -0.3 is 11.1 Å². The standard InChI is InChI=1S/C10H20N2O3S/c1-16(14,15)6-5-12-10(13)9-4-2-3-8(9)7-11/h8-9H,2-7,11H2,1H3,(H,12,13)/t8-,9-/m1/s1. The Kier molecular flexibility index (Phi) is 4.73. The number of amides is 1. The van der Waals surface area contributed by atoms with E-state index in [0.717, 1.165) is 25.5 Å². The molecule has 1 saturated carbocycles. The summed E-state index contributed by atoms with van der Waals surface area (Å²) in [4.78, 5) is 11.7. The second-order valence-electron chi connectivity index (χ2n) is 4.45. The molecule has 0 aromatic heterocycles. The van der Waals surface area contributed by atoms with Crippen molar-refractivity contribution >= 4 is 15.7 Å². The first-order valence-corrected chi connectivity index (χ1v) is 7.65. The van der Waals surface area contributed by atoms with E-state index in [4.69, 9.17) is 5.73 Å². The van der Waals surface area contributed by atoms with Crippen LogP contribution in [0.3, 0.4) is 0 Å². The van der Waals surface area contributed by atoms with Crippen molar-refractivity contribution in [2.45, 2.75) is 19.3 Å². The molecular formula is C10H20N2O3S. The van der Waals surface area contributed by atoms with Gasteiger partial charge in [-0.05, 0) is 25.3 Å². The van der Waals surface area contributed by atoms with Crippen LogP contribution in [-0.4, -0.2) is 39.4 Å². The summed E-state index contributed by atoms with van der Waals surface area (Å²) in [5, 5.41) is 2.67. The van der Waals surface area contributed by atoms with Gasteiger partial charge in [-0.25, -0.2) is 8.42 Å². The molecule has 0 aromatic carbocycles. The van der Waals surface area contributed by atoms with E-state index in [9.17, 15) is 13.2 Å². The lowest BCUT2D eigenvalue weighted by Crippen LogP contribution is -2.37. The molecule has 3 N–H and O–H groups in total. The fourth-order valence-electron chi connectivity index (χ4n) is 2.15. The molecule has 0 unspecified atom stereocenters. The van der Waals surface area contributed by atoms with Gasteiger partial charge in [0.25, 0.3) is 0 Å². The molecule has 0 heterocycles. The van der Waals surface area contributed by atoms with E-state index < -0.39 is 9.84 Å². The Bertz CT molecular complexity index is 340. The Balaban J connectivity index is 2.35. The lowest BCUT2D eigenvalue weighted by Gasteiger charge is -2.17. The van der Waals surface area contributed by atoms with Crippen molar-refractivity contribution in [2.24, 2.45) is 17.6 Å². The Morgan fingerprint density at radius 2 is 2.12 bits per heavy atom. The number of nitrogens with one attached hydrogen (secondary N) is 1. The first kappa shape index (κ1) is 13.4. The maximum absolute atomic E-state index is 11.7. The molecule has 5 nitrogen and oxygen atoms in total. The minimum absolute atomic E-state index is 0.00124. The molecule has 1 rings (SSSR count). The van der Waals surface area contributed by atoms with Crippen molar-refractivity contribution in [2.75, 3.05) is 25.1 Å². The molecule has 6 heteroatoms. The van der Waals surface area contributed by atoms with Crippen LogP contribution < -0.4 is 11.1 Å². The monoisotopic (exact) mass is 248 g/mol. The lowest BCUT2D eigenvalue weighted by molar-refractivity contribution is -0.125. The van der Waals surface area contributed by atoms with E-state index in [0.29, 0.717) is 6.54 Å². The van der Waals surface area contributed by atoms with Gasteiger partial charge in [0.2, 0.25) is 5.91 Å². The Morgan fingerprint density at radius 3 is 2.69 bits per heavy atom. The third-order valence-corrected chi connectivity index (χ3v) is 4.02. The Morgan fingerprint density at radius 1 is 1.44 bits per heavy atom. The van der Waals surface area contributed by atoms with E-state index in [-0.39, 0.29) is 30.0 Å². The SMILES string of the molecule is CS(=O)(=O)CCNC(=O)[C@@H]1CCC[C@@H]1CN. The number of hydrogen-bond acceptors (Lipinski definition) is 4. The van der Waals surface area contributed by atoms with Gasteiger partial charge in [-0.1, -0.05) is 6.42 Å². The fraction of sp³-hybridized carbons (Fsp3) is 0.900. The largest absolute Gasteiger partial charge is 0.355 e. The van der Waals surface area contributed by atoms with Crippen LogP contribution in [0.1, 0.15) is 19.3 Å². The lowest BCUT2D eigenvalue weighted by atomic mass is 9.95. The summed E-state index contributed by atoms with van der Waals surface area (Å²) in [6, 6.07) is 0. The van der Waals surface area contributed by atoms with Crippen molar-refractivity contribution in [3.05, 3.63) is 0 Å². The Hall–Kier alpha value is -0.620. The van der Waals surface area contributed by atoms with Crippen LogP contribution >= 0.6 is 0 Å². The second-order valence-corrected chi connectivity index (χ2v) is 6.71. The van der Waals surface area contributed by atoms with Crippen molar-refractivity contribution < 1.29 is 13.2 Å². The minimum Gasteiger partial charge on any atom is -0.355 e. The number of carbonyl (C=O) groups excluding carboxylic acids is 1. The van der Waals surface area contributed by atoms with Crippen LogP contribution in [0.4, 0.5) is 0 Å². The maximum Gasteiger partial charge on any atom is 0.223 e. The molecule has 0 aromatic rings. The van der Waals surface area contributed by atoms with Gasteiger partial charge in [0.05, 0.1) is 5.75 Å². The van der Waals surface area contributed by atoms with Crippen LogP contribution in [0.2, 0.25) is 0 Å². The van der Waals surface area contributed by atoms with E-state index in [1.807, 2.05) is 0 Å². The predicted octanol–water partition coefficient (Wildman–Crippen LogP) is -0.478. The third kappa shape index (κ3) is 4.09. The Labute approximate surface area is 96.7 Å². The van der Waals surface area contributed by atoms with Gasteiger partial charge in [0.1, 0.15) is 9.84 Å². The summed E-state index contributed by atoms with van der Waals surface area (Å²) in [5.41, 5.74) is 5.58. The highest BCUT2D eigenvalue weighted by atomic mass is 32.2. The van der Waals surface area contributed by atoms with Gasteiger partial charge >= 0.3 is 0 Å². The van der Waals surface area contributed by atoms with Crippen LogP contribution in [-0.2, 0) is 14.6 Å². The summed E-state index contributed by atoms with van der Waals surface area (Å²) >= 11 is 0. The molecule has 0 radical (unpaired) electrons. The molecule has 1 amide bonds. The van der Waals surface area contributed by atoms with E-state index in [1.165, 1.54) is 0 Å². The zero-order valence-corrected chi connectivity index (χ0v) is 10.4. The smallest absolute Gasteiger partial charge is 0.223 e. The molecule has 0 saturated heterocycles. The highest BCUT2D eigenvalue weighted by Gasteiger charge is 2.31. The van der Waals surface area contributed by atoms with Gasteiger partial charge in [0.15, 0.2) is 0 Å². The topological polar surface area (TPSA) is 89.3 Å². The predicted molar refractivity (Wildman–Crippen MR) is 62.6 cm³/mol. The van der Waals surface area contributed by atoms with Crippen molar-refractivity contribution in [3.63, 3.8) is 0 Å². The van der Waals surface area contributed by atoms with Crippen molar-refractivity contribution in [1.29, 1.82) is 0 Å². The number of nitrogens with two attached hydrogens (primary N) is 1. The summed E-state index contributed by atoms with van der Waals surface area (Å²) in [6.07, 6.45) is 4.07. The summed E-state index contributed by atoms with van der Waals surface area (Å²) in [5.74, 6) is 0.193. The summed E-state index contributed by atoms with van der Waals surface area (Å²) < 4.78 is 21.8. The van der Waals surface area contributed by atoms with Gasteiger partial charge in [-0.15, -0.1) is 0 Å². The van der Waals surface area contributed by atoms with Crippen LogP contribution in [0.15, 0.2) is 0 Å². The van der Waals surface area contributed by atoms with E-state index in [1.54, 1.807) is 0 Å². The minimum atomic E-state index is -3.00. The number of carbonyl (C=O) groups is 1. The van der Waals surface area contributed by atoms with E-state index in [2.05, 4.69) is 5.32 Å². The third-order valence-electron chi connectivity index (χ3n) is 3.07. The molecule has 2 atom stereocenters. The average molecular weight is 248 g/mol. The highest BCUT2D eigenvalue weighted by Crippen LogP contribution is 2.30. The number of rotatable bonds is 5. The maximum atomic E-state index is 11.7. The molecule has 16 heavy (non-hydrogen) atoms. The van der Waals surface area contributed by atoms with Crippen molar-refractivity contribution in [1.82, 2.24) is 5.32 Å². The molecule has 0 bridgehead atoms. The van der Waals surface area contributed by atoms with Crippen LogP contribution in [0.5, 0.6) is 0 Å². The van der Waals surface area contributed by atoms with Gasteiger partial charge in [0, 0.05) is 18.7 Å². The summed E-state index contributed by atoms with van der Waals surface area (Å²) in [7, 11) is -3.00. The molecule has 94 valence electrons. The van der Waals surface area contributed by atoms with Crippen LogP contribution in [0, 0.1) is 11.8 Å².